The molecule has 6 aromatic carbocycles. The van der Waals surface area contributed by atoms with Gasteiger partial charge in [0.25, 0.3) is 0 Å². The first kappa shape index (κ1) is 30.6. The number of hydrogen-bond donors (Lipinski definition) is 1. The SMILES string of the molecule is c1ccc(-c2ccnc3c2ccc2c(-c4ccccc4)cc(Nc4cc(-c5ccccc5)c5ccc6c(-c7ccccc7)ccnc6c5n4)nc23)cc1. The average Bonchev–Trinajstić information content (AvgIpc) is 3.24. The van der Waals surface area contributed by atoms with Gasteiger partial charge in [-0.2, -0.15) is 0 Å². The van der Waals surface area contributed by atoms with Crippen molar-refractivity contribution in [2.75, 3.05) is 5.32 Å². The summed E-state index contributed by atoms with van der Waals surface area (Å²) in [6, 6.07) is 58.9. The molecule has 4 aromatic heterocycles. The first-order valence-electron chi connectivity index (χ1n) is 17.7. The number of fused-ring (bicyclic) bond motifs is 6. The molecule has 4 heterocycles. The first-order chi connectivity index (χ1) is 26.3. The maximum absolute atomic E-state index is 5.29. The van der Waals surface area contributed by atoms with Crippen LogP contribution < -0.4 is 5.32 Å². The summed E-state index contributed by atoms with van der Waals surface area (Å²) in [7, 11) is 0. The van der Waals surface area contributed by atoms with Crippen LogP contribution >= 0.6 is 0 Å². The average molecular weight is 678 g/mol. The molecule has 0 aliphatic rings. The van der Waals surface area contributed by atoms with E-state index >= 15 is 0 Å². The van der Waals surface area contributed by atoms with Crippen LogP contribution in [0.1, 0.15) is 0 Å². The van der Waals surface area contributed by atoms with Gasteiger partial charge in [-0.1, -0.05) is 146 Å². The maximum Gasteiger partial charge on any atom is 0.132 e. The number of nitrogens with zero attached hydrogens (tertiary/aromatic N) is 4. The fourth-order valence-corrected chi connectivity index (χ4v) is 7.51. The van der Waals surface area contributed by atoms with Crippen molar-refractivity contribution >= 4 is 55.2 Å². The molecule has 0 amide bonds. The Balaban J connectivity index is 1.20. The van der Waals surface area contributed by atoms with E-state index in [4.69, 9.17) is 19.9 Å². The van der Waals surface area contributed by atoms with Crippen molar-refractivity contribution in [2.24, 2.45) is 0 Å². The largest absolute Gasteiger partial charge is 0.325 e. The Bertz CT molecular complexity index is 2740. The molecular weight excluding hydrogens is 647 g/mol. The molecule has 0 saturated heterocycles. The molecule has 0 unspecified atom stereocenters. The van der Waals surface area contributed by atoms with Crippen molar-refractivity contribution in [3.05, 3.63) is 182 Å². The predicted molar refractivity (Wildman–Crippen MR) is 219 cm³/mol. The molecule has 0 atom stereocenters. The van der Waals surface area contributed by atoms with Crippen LogP contribution in [0, 0.1) is 0 Å². The minimum absolute atomic E-state index is 0.680. The number of anilines is 2. The van der Waals surface area contributed by atoms with Crippen LogP contribution in [0.3, 0.4) is 0 Å². The summed E-state index contributed by atoms with van der Waals surface area (Å²) in [4.78, 5) is 20.4. The third-order valence-electron chi connectivity index (χ3n) is 9.97. The Morgan fingerprint density at radius 3 is 0.981 bits per heavy atom. The minimum atomic E-state index is 0.680. The van der Waals surface area contributed by atoms with Gasteiger partial charge in [-0.05, 0) is 68.8 Å². The number of pyridine rings is 4. The van der Waals surface area contributed by atoms with E-state index in [0.29, 0.717) is 11.6 Å². The predicted octanol–water partition coefficient (Wildman–Crippen LogP) is 12.3. The van der Waals surface area contributed by atoms with Gasteiger partial charge in [-0.3, -0.25) is 9.97 Å². The maximum atomic E-state index is 5.29. The number of rotatable bonds is 6. The van der Waals surface area contributed by atoms with Crippen LogP contribution in [-0.4, -0.2) is 19.9 Å². The molecular formula is C48H31N5. The number of hydrogen-bond acceptors (Lipinski definition) is 5. The van der Waals surface area contributed by atoms with Gasteiger partial charge in [0, 0.05) is 33.9 Å². The van der Waals surface area contributed by atoms with Crippen molar-refractivity contribution in [1.82, 2.24) is 19.9 Å². The Morgan fingerprint density at radius 1 is 0.302 bits per heavy atom. The molecule has 10 rings (SSSR count). The monoisotopic (exact) mass is 677 g/mol. The highest BCUT2D eigenvalue weighted by atomic mass is 15.1. The van der Waals surface area contributed by atoms with Crippen molar-refractivity contribution in [1.29, 1.82) is 0 Å². The summed E-state index contributed by atoms with van der Waals surface area (Å²) in [6.07, 6.45) is 3.76. The number of benzene rings is 6. The van der Waals surface area contributed by atoms with E-state index in [2.05, 4.69) is 151 Å². The molecule has 1 N–H and O–H groups in total. The molecule has 0 fully saturated rings. The second-order valence-corrected chi connectivity index (χ2v) is 13.1. The third kappa shape index (κ3) is 5.43. The van der Waals surface area contributed by atoms with Crippen LogP contribution in [0.4, 0.5) is 11.6 Å². The van der Waals surface area contributed by atoms with Gasteiger partial charge in [0.15, 0.2) is 0 Å². The zero-order valence-corrected chi connectivity index (χ0v) is 28.6. The third-order valence-corrected chi connectivity index (χ3v) is 9.97. The lowest BCUT2D eigenvalue weighted by Crippen LogP contribution is -2.00. The first-order valence-corrected chi connectivity index (χ1v) is 17.7. The van der Waals surface area contributed by atoms with Gasteiger partial charge in [0.05, 0.1) is 22.1 Å². The lowest BCUT2D eigenvalue weighted by atomic mass is 9.96. The van der Waals surface area contributed by atoms with Gasteiger partial charge >= 0.3 is 0 Å². The van der Waals surface area contributed by atoms with E-state index in [0.717, 1.165) is 88.1 Å². The Morgan fingerprint density at radius 2 is 0.623 bits per heavy atom. The molecule has 0 aliphatic carbocycles. The van der Waals surface area contributed by atoms with Crippen molar-refractivity contribution < 1.29 is 0 Å². The van der Waals surface area contributed by atoms with Crippen molar-refractivity contribution in [2.45, 2.75) is 0 Å². The van der Waals surface area contributed by atoms with E-state index in [1.54, 1.807) is 0 Å². The molecule has 53 heavy (non-hydrogen) atoms. The van der Waals surface area contributed by atoms with Gasteiger partial charge in [0.1, 0.15) is 11.6 Å². The highest BCUT2D eigenvalue weighted by Crippen LogP contribution is 2.39. The minimum Gasteiger partial charge on any atom is -0.325 e. The van der Waals surface area contributed by atoms with Gasteiger partial charge in [-0.25, -0.2) is 9.97 Å². The zero-order valence-electron chi connectivity index (χ0n) is 28.6. The van der Waals surface area contributed by atoms with E-state index in [-0.39, 0.29) is 0 Å². The van der Waals surface area contributed by atoms with Crippen LogP contribution in [0.25, 0.3) is 88.1 Å². The molecule has 10 aromatic rings. The van der Waals surface area contributed by atoms with Crippen LogP contribution in [0.15, 0.2) is 182 Å². The van der Waals surface area contributed by atoms with E-state index in [1.165, 1.54) is 0 Å². The number of nitrogens with one attached hydrogen (secondary N) is 1. The van der Waals surface area contributed by atoms with Gasteiger partial charge in [0.2, 0.25) is 0 Å². The Labute approximate surface area is 306 Å². The van der Waals surface area contributed by atoms with Gasteiger partial charge in [-0.15, -0.1) is 0 Å². The van der Waals surface area contributed by atoms with E-state index < -0.39 is 0 Å². The van der Waals surface area contributed by atoms with Crippen molar-refractivity contribution in [3.63, 3.8) is 0 Å². The summed E-state index contributed by atoms with van der Waals surface area (Å²) in [5, 5.41) is 7.83. The highest BCUT2D eigenvalue weighted by molar-refractivity contribution is 6.14. The summed E-state index contributed by atoms with van der Waals surface area (Å²) >= 11 is 0. The Kier molecular flexibility index (Phi) is 7.40. The summed E-state index contributed by atoms with van der Waals surface area (Å²) in [5.74, 6) is 1.36. The molecule has 5 nitrogen and oxygen atoms in total. The lowest BCUT2D eigenvalue weighted by Gasteiger charge is -2.16. The smallest absolute Gasteiger partial charge is 0.132 e. The normalized spacial score (nSPS) is 11.4. The summed E-state index contributed by atoms with van der Waals surface area (Å²) in [5.41, 5.74) is 12.2. The molecule has 248 valence electrons. The van der Waals surface area contributed by atoms with E-state index in [1.807, 2.05) is 36.7 Å². The molecule has 0 radical (unpaired) electrons. The number of aromatic nitrogens is 4. The Hall–Kier alpha value is -7.24. The molecule has 0 saturated carbocycles. The second kappa shape index (κ2) is 12.8. The molecule has 0 spiro atoms. The highest BCUT2D eigenvalue weighted by Gasteiger charge is 2.17. The second-order valence-electron chi connectivity index (χ2n) is 13.1. The molecule has 5 heteroatoms. The van der Waals surface area contributed by atoms with Crippen LogP contribution in [0.2, 0.25) is 0 Å². The summed E-state index contributed by atoms with van der Waals surface area (Å²) < 4.78 is 0. The fourth-order valence-electron chi connectivity index (χ4n) is 7.51. The molecule has 0 bridgehead atoms. The standard InChI is InChI=1S/C48H31N5/c1-5-13-31(14-6-1)35-25-27-49-45-37(35)21-23-39-41(33-17-9-3-10-18-33)29-43(52-47(39)45)51-44-30-42(34-19-11-4-12-20-34)40-24-22-38-36(32-15-7-2-8-16-32)26-28-50-46(38)48(40)53-44/h1-30H,(H,51,52,53). The van der Waals surface area contributed by atoms with Crippen molar-refractivity contribution in [3.8, 4) is 44.5 Å². The quantitative estimate of drug-likeness (QED) is 0.177. The fraction of sp³-hybridized carbons (Fsp3) is 0. The van der Waals surface area contributed by atoms with Crippen LogP contribution in [0.5, 0.6) is 0 Å². The zero-order chi connectivity index (χ0) is 35.1. The van der Waals surface area contributed by atoms with Crippen LogP contribution in [-0.2, 0) is 0 Å². The summed E-state index contributed by atoms with van der Waals surface area (Å²) in [6.45, 7) is 0. The van der Waals surface area contributed by atoms with E-state index in [9.17, 15) is 0 Å². The topological polar surface area (TPSA) is 63.6 Å². The lowest BCUT2D eigenvalue weighted by molar-refractivity contribution is 1.31. The van der Waals surface area contributed by atoms with Gasteiger partial charge < -0.3 is 5.32 Å². The molecule has 0 aliphatic heterocycles.